The minimum Gasteiger partial charge on any atom is -0.506 e. The normalized spacial score (nSPS) is 13.7. The number of para-hydroxylation sites is 2. The zero-order chi connectivity index (χ0) is 13.9. The van der Waals surface area contributed by atoms with Crippen LogP contribution in [0.2, 0.25) is 0 Å². The predicted molar refractivity (Wildman–Crippen MR) is 79.2 cm³/mol. The topological polar surface area (TPSA) is 52.6 Å². The summed E-state index contributed by atoms with van der Waals surface area (Å²) >= 11 is 0. The third-order valence-electron chi connectivity index (χ3n) is 3.47. The molecule has 1 aliphatic heterocycles. The molecule has 0 saturated carbocycles. The largest absolute Gasteiger partial charge is 0.506 e. The number of nitrogens with zero attached hydrogens (tertiary/aromatic N) is 1. The quantitative estimate of drug-likeness (QED) is 0.833. The van der Waals surface area contributed by atoms with Crippen molar-refractivity contribution >= 4 is 17.4 Å². The van der Waals surface area contributed by atoms with Crippen LogP contribution in [0.4, 0.5) is 16.2 Å². The summed E-state index contributed by atoms with van der Waals surface area (Å²) in [6.45, 7) is 0.614. The van der Waals surface area contributed by atoms with Gasteiger partial charge in [0.05, 0.1) is 5.69 Å². The maximum absolute atomic E-state index is 12.4. The van der Waals surface area contributed by atoms with Crippen molar-refractivity contribution in [3.05, 3.63) is 54.1 Å². The molecule has 0 bridgehead atoms. The van der Waals surface area contributed by atoms with Gasteiger partial charge < -0.3 is 10.4 Å². The van der Waals surface area contributed by atoms with Gasteiger partial charge in [0.25, 0.3) is 0 Å². The molecule has 4 heteroatoms. The smallest absolute Gasteiger partial charge is 0.326 e. The Morgan fingerprint density at radius 2 is 1.90 bits per heavy atom. The zero-order valence-electron chi connectivity index (χ0n) is 11.0. The van der Waals surface area contributed by atoms with E-state index in [2.05, 4.69) is 5.32 Å². The minimum absolute atomic E-state index is 0.158. The lowest BCUT2D eigenvalue weighted by Crippen LogP contribution is -2.38. The fraction of sp³-hybridized carbons (Fsp3) is 0.188. The number of anilines is 2. The molecule has 0 radical (unpaired) electrons. The summed E-state index contributed by atoms with van der Waals surface area (Å²) < 4.78 is 0. The number of rotatable bonds is 1. The molecule has 20 heavy (non-hydrogen) atoms. The Bertz CT molecular complexity index is 626. The van der Waals surface area contributed by atoms with Crippen LogP contribution in [0.1, 0.15) is 12.0 Å². The lowest BCUT2D eigenvalue weighted by Gasteiger charge is -2.30. The highest BCUT2D eigenvalue weighted by Crippen LogP contribution is 2.35. The van der Waals surface area contributed by atoms with Gasteiger partial charge in [0.2, 0.25) is 0 Å². The van der Waals surface area contributed by atoms with E-state index in [-0.39, 0.29) is 11.8 Å². The third kappa shape index (κ3) is 2.32. The number of aromatic hydroxyl groups is 1. The standard InChI is InChI=1S/C16H16N2O2/c19-14-10-4-6-12-7-5-11-18(15(12)14)16(20)17-13-8-2-1-3-9-13/h1-4,6,8-10,19H,5,7,11H2,(H,17,20). The number of benzene rings is 2. The first-order valence-corrected chi connectivity index (χ1v) is 6.70. The van der Waals surface area contributed by atoms with Crippen molar-refractivity contribution in [1.29, 1.82) is 0 Å². The number of fused-ring (bicyclic) bond motifs is 1. The number of carbonyl (C=O) groups excluding carboxylic acids is 1. The Morgan fingerprint density at radius 3 is 2.70 bits per heavy atom. The highest BCUT2D eigenvalue weighted by atomic mass is 16.3. The van der Waals surface area contributed by atoms with Crippen LogP contribution in [-0.4, -0.2) is 17.7 Å². The van der Waals surface area contributed by atoms with Crippen LogP contribution in [0, 0.1) is 0 Å². The molecule has 2 aromatic rings. The summed E-state index contributed by atoms with van der Waals surface area (Å²) in [6, 6.07) is 14.5. The Hall–Kier alpha value is -2.49. The molecular weight excluding hydrogens is 252 g/mol. The number of nitrogens with one attached hydrogen (secondary N) is 1. The molecule has 1 aliphatic rings. The Balaban J connectivity index is 1.87. The number of phenolic OH excluding ortho intramolecular Hbond substituents is 1. The number of urea groups is 1. The summed E-state index contributed by atoms with van der Waals surface area (Å²) in [4.78, 5) is 14.0. The van der Waals surface area contributed by atoms with Gasteiger partial charge in [0, 0.05) is 12.2 Å². The average molecular weight is 268 g/mol. The predicted octanol–water partition coefficient (Wildman–Crippen LogP) is 3.38. The van der Waals surface area contributed by atoms with E-state index >= 15 is 0 Å². The van der Waals surface area contributed by atoms with Gasteiger partial charge in [-0.05, 0) is 36.6 Å². The molecule has 0 unspecified atom stereocenters. The van der Waals surface area contributed by atoms with Crippen molar-refractivity contribution < 1.29 is 9.90 Å². The number of hydrogen-bond donors (Lipinski definition) is 2. The first-order chi connectivity index (χ1) is 9.75. The number of hydrogen-bond acceptors (Lipinski definition) is 2. The molecule has 0 spiro atoms. The van der Waals surface area contributed by atoms with Crippen LogP contribution >= 0.6 is 0 Å². The summed E-state index contributed by atoms with van der Waals surface area (Å²) in [5, 5.41) is 12.9. The minimum atomic E-state index is -0.210. The van der Waals surface area contributed by atoms with Gasteiger partial charge in [0.15, 0.2) is 0 Å². The van der Waals surface area contributed by atoms with E-state index in [1.54, 1.807) is 11.0 Å². The fourth-order valence-electron chi connectivity index (χ4n) is 2.55. The summed E-state index contributed by atoms with van der Waals surface area (Å²) in [5.74, 6) is 0.158. The van der Waals surface area contributed by atoms with Crippen LogP contribution in [0.3, 0.4) is 0 Å². The molecule has 2 amide bonds. The van der Waals surface area contributed by atoms with Gasteiger partial charge >= 0.3 is 6.03 Å². The highest BCUT2D eigenvalue weighted by Gasteiger charge is 2.25. The summed E-state index contributed by atoms with van der Waals surface area (Å²) in [7, 11) is 0. The van der Waals surface area contributed by atoms with Crippen LogP contribution in [0.15, 0.2) is 48.5 Å². The van der Waals surface area contributed by atoms with E-state index in [4.69, 9.17) is 0 Å². The molecule has 4 nitrogen and oxygen atoms in total. The molecule has 2 N–H and O–H groups in total. The van der Waals surface area contributed by atoms with E-state index in [1.807, 2.05) is 42.5 Å². The van der Waals surface area contributed by atoms with Gasteiger partial charge in [-0.3, -0.25) is 4.90 Å². The Labute approximate surface area is 117 Å². The molecular formula is C16H16N2O2. The Kier molecular flexibility index (Phi) is 3.29. The molecule has 102 valence electrons. The van der Waals surface area contributed by atoms with Crippen molar-refractivity contribution in [1.82, 2.24) is 0 Å². The first kappa shape index (κ1) is 12.5. The monoisotopic (exact) mass is 268 g/mol. The van der Waals surface area contributed by atoms with Gasteiger partial charge in [-0.1, -0.05) is 30.3 Å². The maximum atomic E-state index is 12.4. The van der Waals surface area contributed by atoms with Crippen LogP contribution in [0.5, 0.6) is 5.75 Å². The maximum Gasteiger partial charge on any atom is 0.326 e. The van der Waals surface area contributed by atoms with Crippen LogP contribution < -0.4 is 10.2 Å². The fourth-order valence-corrected chi connectivity index (χ4v) is 2.55. The zero-order valence-corrected chi connectivity index (χ0v) is 11.0. The molecule has 0 aliphatic carbocycles. The van der Waals surface area contributed by atoms with Crippen LogP contribution in [-0.2, 0) is 6.42 Å². The molecule has 2 aromatic carbocycles. The second-order valence-electron chi connectivity index (χ2n) is 4.84. The van der Waals surface area contributed by atoms with E-state index in [0.717, 1.165) is 24.1 Å². The molecule has 3 rings (SSSR count). The molecule has 0 saturated heterocycles. The van der Waals surface area contributed by atoms with Crippen LogP contribution in [0.25, 0.3) is 0 Å². The molecule has 0 fully saturated rings. The van der Waals surface area contributed by atoms with Gasteiger partial charge in [-0.2, -0.15) is 0 Å². The number of amides is 2. The van der Waals surface area contributed by atoms with Crippen molar-refractivity contribution in [3.8, 4) is 5.75 Å². The number of phenols is 1. The highest BCUT2D eigenvalue weighted by molar-refractivity contribution is 6.03. The second-order valence-corrected chi connectivity index (χ2v) is 4.84. The van der Waals surface area contributed by atoms with E-state index in [9.17, 15) is 9.90 Å². The molecule has 0 atom stereocenters. The van der Waals surface area contributed by atoms with Crippen molar-refractivity contribution in [2.24, 2.45) is 0 Å². The van der Waals surface area contributed by atoms with Crippen molar-refractivity contribution in [2.45, 2.75) is 12.8 Å². The average Bonchev–Trinajstić information content (AvgIpc) is 2.48. The number of carbonyl (C=O) groups is 1. The summed E-state index contributed by atoms with van der Waals surface area (Å²) in [5.41, 5.74) is 2.40. The SMILES string of the molecule is O=C(Nc1ccccc1)N1CCCc2cccc(O)c21. The molecule has 0 aromatic heterocycles. The number of aryl methyl sites for hydroxylation is 1. The van der Waals surface area contributed by atoms with E-state index < -0.39 is 0 Å². The second kappa shape index (κ2) is 5.25. The van der Waals surface area contributed by atoms with E-state index in [0.29, 0.717) is 12.2 Å². The van der Waals surface area contributed by atoms with Gasteiger partial charge in [-0.25, -0.2) is 4.79 Å². The van der Waals surface area contributed by atoms with E-state index in [1.165, 1.54) is 0 Å². The van der Waals surface area contributed by atoms with Crippen molar-refractivity contribution in [3.63, 3.8) is 0 Å². The summed E-state index contributed by atoms with van der Waals surface area (Å²) in [6.07, 6.45) is 1.79. The van der Waals surface area contributed by atoms with Gasteiger partial charge in [0.1, 0.15) is 5.75 Å². The Morgan fingerprint density at radius 1 is 1.10 bits per heavy atom. The van der Waals surface area contributed by atoms with Crippen molar-refractivity contribution in [2.75, 3.05) is 16.8 Å². The first-order valence-electron chi connectivity index (χ1n) is 6.70. The van der Waals surface area contributed by atoms with Gasteiger partial charge in [-0.15, -0.1) is 0 Å². The lowest BCUT2D eigenvalue weighted by atomic mass is 10.0. The lowest BCUT2D eigenvalue weighted by molar-refractivity contribution is 0.256. The third-order valence-corrected chi connectivity index (χ3v) is 3.47. The molecule has 1 heterocycles.